The average Bonchev–Trinajstić information content (AvgIpc) is 3.37. The van der Waals surface area contributed by atoms with E-state index < -0.39 is 0 Å². The quantitative estimate of drug-likeness (QED) is 0.803. The molecule has 2 aromatic carbocycles. The monoisotopic (exact) mass is 311 g/mol. The summed E-state index contributed by atoms with van der Waals surface area (Å²) >= 11 is 1.61. The van der Waals surface area contributed by atoms with Crippen LogP contribution in [-0.2, 0) is 4.79 Å². The van der Waals surface area contributed by atoms with E-state index in [-0.39, 0.29) is 11.9 Å². The third-order valence-electron chi connectivity index (χ3n) is 4.02. The fourth-order valence-corrected chi connectivity index (χ4v) is 3.48. The Bertz CT molecular complexity index is 637. The van der Waals surface area contributed by atoms with Crippen molar-refractivity contribution in [2.75, 3.05) is 5.75 Å². The van der Waals surface area contributed by atoms with Gasteiger partial charge >= 0.3 is 0 Å². The molecule has 1 saturated carbocycles. The molecule has 0 saturated heterocycles. The summed E-state index contributed by atoms with van der Waals surface area (Å²) in [6.07, 6.45) is 2.43. The van der Waals surface area contributed by atoms with E-state index in [1.54, 1.807) is 11.8 Å². The number of hydrogen-bond donors (Lipinski definition) is 1. The van der Waals surface area contributed by atoms with Gasteiger partial charge in [-0.2, -0.15) is 0 Å². The highest BCUT2D eigenvalue weighted by Crippen LogP contribution is 2.41. The van der Waals surface area contributed by atoms with Crippen molar-refractivity contribution in [2.24, 2.45) is 5.92 Å². The minimum Gasteiger partial charge on any atom is -0.348 e. The van der Waals surface area contributed by atoms with Crippen LogP contribution in [0.4, 0.5) is 0 Å². The zero-order valence-corrected chi connectivity index (χ0v) is 13.6. The van der Waals surface area contributed by atoms with E-state index in [0.717, 1.165) is 0 Å². The number of benzene rings is 2. The molecule has 0 heterocycles. The Balaban J connectivity index is 1.59. The van der Waals surface area contributed by atoms with Crippen molar-refractivity contribution in [1.29, 1.82) is 0 Å². The van der Waals surface area contributed by atoms with Crippen molar-refractivity contribution in [2.45, 2.75) is 30.7 Å². The molecule has 22 heavy (non-hydrogen) atoms. The van der Waals surface area contributed by atoms with E-state index in [1.165, 1.54) is 28.9 Å². The predicted octanol–water partition coefficient (Wildman–Crippen LogP) is 4.35. The highest BCUT2D eigenvalue weighted by atomic mass is 32.2. The molecule has 1 amide bonds. The van der Waals surface area contributed by atoms with Crippen LogP contribution < -0.4 is 5.32 Å². The lowest BCUT2D eigenvalue weighted by Gasteiger charge is -2.19. The molecule has 1 N–H and O–H groups in total. The SMILES string of the molecule is Cc1ccccc1SCC(=O)NC(c1ccccc1)C1CC1. The molecule has 0 spiro atoms. The Morgan fingerprint density at radius 3 is 2.50 bits per heavy atom. The van der Waals surface area contributed by atoms with Gasteiger partial charge in [-0.05, 0) is 42.9 Å². The number of rotatable bonds is 6. The summed E-state index contributed by atoms with van der Waals surface area (Å²) in [4.78, 5) is 13.5. The van der Waals surface area contributed by atoms with Crippen molar-refractivity contribution >= 4 is 17.7 Å². The molecule has 1 atom stereocenters. The minimum atomic E-state index is 0.119. The number of hydrogen-bond acceptors (Lipinski definition) is 2. The molecular weight excluding hydrogens is 290 g/mol. The highest BCUT2D eigenvalue weighted by Gasteiger charge is 2.33. The van der Waals surface area contributed by atoms with Crippen LogP contribution in [0.2, 0.25) is 0 Å². The van der Waals surface area contributed by atoms with Gasteiger partial charge in [0.05, 0.1) is 11.8 Å². The second-order valence-corrected chi connectivity index (χ2v) is 6.86. The third-order valence-corrected chi connectivity index (χ3v) is 5.20. The summed E-state index contributed by atoms with van der Waals surface area (Å²) in [6.45, 7) is 2.08. The van der Waals surface area contributed by atoms with Gasteiger partial charge in [0.1, 0.15) is 0 Å². The molecule has 3 heteroatoms. The van der Waals surface area contributed by atoms with Gasteiger partial charge in [0.15, 0.2) is 0 Å². The molecule has 1 unspecified atom stereocenters. The van der Waals surface area contributed by atoms with Gasteiger partial charge in [-0.25, -0.2) is 0 Å². The zero-order chi connectivity index (χ0) is 15.4. The van der Waals surface area contributed by atoms with Crippen LogP contribution >= 0.6 is 11.8 Å². The smallest absolute Gasteiger partial charge is 0.230 e. The first kappa shape index (κ1) is 15.2. The summed E-state index contributed by atoms with van der Waals surface area (Å²) in [6, 6.07) is 18.7. The summed E-state index contributed by atoms with van der Waals surface area (Å²) in [5.74, 6) is 1.20. The predicted molar refractivity (Wildman–Crippen MR) is 92.0 cm³/mol. The number of nitrogens with one attached hydrogen (secondary N) is 1. The Morgan fingerprint density at radius 2 is 1.82 bits per heavy atom. The molecule has 0 bridgehead atoms. The molecule has 1 fully saturated rings. The maximum Gasteiger partial charge on any atom is 0.230 e. The third kappa shape index (κ3) is 3.92. The van der Waals surface area contributed by atoms with Crippen LogP contribution in [0.3, 0.4) is 0 Å². The molecule has 114 valence electrons. The largest absolute Gasteiger partial charge is 0.348 e. The molecule has 0 radical (unpaired) electrons. The Hall–Kier alpha value is -1.74. The van der Waals surface area contributed by atoms with Gasteiger partial charge < -0.3 is 5.32 Å². The number of carbonyl (C=O) groups excluding carboxylic acids is 1. The molecule has 0 aromatic heterocycles. The van der Waals surface area contributed by atoms with Gasteiger partial charge in [0.2, 0.25) is 5.91 Å². The van der Waals surface area contributed by atoms with Gasteiger partial charge in [-0.3, -0.25) is 4.79 Å². The lowest BCUT2D eigenvalue weighted by molar-refractivity contribution is -0.119. The van der Waals surface area contributed by atoms with Crippen molar-refractivity contribution in [3.63, 3.8) is 0 Å². The first-order chi connectivity index (χ1) is 10.7. The molecule has 2 aromatic rings. The summed E-state index contributed by atoms with van der Waals surface area (Å²) in [7, 11) is 0. The van der Waals surface area contributed by atoms with Crippen LogP contribution in [0.5, 0.6) is 0 Å². The fraction of sp³-hybridized carbons (Fsp3) is 0.316. The number of carbonyl (C=O) groups is 1. The van der Waals surface area contributed by atoms with Gasteiger partial charge in [-0.1, -0.05) is 48.5 Å². The number of amides is 1. The Kier molecular flexibility index (Phi) is 4.84. The van der Waals surface area contributed by atoms with E-state index >= 15 is 0 Å². The maximum atomic E-state index is 12.3. The highest BCUT2D eigenvalue weighted by molar-refractivity contribution is 8.00. The fourth-order valence-electron chi connectivity index (χ4n) is 2.64. The topological polar surface area (TPSA) is 29.1 Å². The molecular formula is C19H21NOS. The van der Waals surface area contributed by atoms with E-state index in [1.807, 2.05) is 30.3 Å². The second kappa shape index (κ2) is 7.01. The average molecular weight is 311 g/mol. The molecule has 1 aliphatic rings. The van der Waals surface area contributed by atoms with Crippen LogP contribution in [0.1, 0.15) is 30.0 Å². The normalized spacial score (nSPS) is 15.3. The molecule has 2 nitrogen and oxygen atoms in total. The van der Waals surface area contributed by atoms with E-state index in [4.69, 9.17) is 0 Å². The van der Waals surface area contributed by atoms with Gasteiger partial charge in [-0.15, -0.1) is 11.8 Å². The molecule has 3 rings (SSSR count). The van der Waals surface area contributed by atoms with Crippen molar-refractivity contribution in [1.82, 2.24) is 5.32 Å². The van der Waals surface area contributed by atoms with Crippen molar-refractivity contribution in [3.8, 4) is 0 Å². The summed E-state index contributed by atoms with van der Waals surface area (Å²) in [5, 5.41) is 3.23. The minimum absolute atomic E-state index is 0.119. The lowest BCUT2D eigenvalue weighted by Crippen LogP contribution is -2.31. The number of thioether (sulfide) groups is 1. The first-order valence-corrected chi connectivity index (χ1v) is 8.75. The number of aryl methyl sites for hydroxylation is 1. The zero-order valence-electron chi connectivity index (χ0n) is 12.8. The van der Waals surface area contributed by atoms with Crippen molar-refractivity contribution < 1.29 is 4.79 Å². The first-order valence-electron chi connectivity index (χ1n) is 7.77. The Labute approximate surface area is 136 Å². The van der Waals surface area contributed by atoms with Crippen LogP contribution in [0.15, 0.2) is 59.5 Å². The lowest BCUT2D eigenvalue weighted by atomic mass is 10.0. The van der Waals surface area contributed by atoms with Crippen LogP contribution in [-0.4, -0.2) is 11.7 Å². The van der Waals surface area contributed by atoms with E-state index in [2.05, 4.69) is 36.5 Å². The summed E-state index contributed by atoms with van der Waals surface area (Å²) < 4.78 is 0. The maximum absolute atomic E-state index is 12.3. The second-order valence-electron chi connectivity index (χ2n) is 5.85. The van der Waals surface area contributed by atoms with E-state index in [9.17, 15) is 4.79 Å². The van der Waals surface area contributed by atoms with Crippen LogP contribution in [0, 0.1) is 12.8 Å². The Morgan fingerprint density at radius 1 is 1.14 bits per heavy atom. The van der Waals surface area contributed by atoms with Gasteiger partial charge in [0, 0.05) is 4.90 Å². The van der Waals surface area contributed by atoms with Crippen LogP contribution in [0.25, 0.3) is 0 Å². The standard InChI is InChI=1S/C19H21NOS/c1-14-7-5-6-10-17(14)22-13-18(21)20-19(16-11-12-16)15-8-3-2-4-9-15/h2-10,16,19H,11-13H2,1H3,(H,20,21). The van der Waals surface area contributed by atoms with Crippen molar-refractivity contribution in [3.05, 3.63) is 65.7 Å². The molecule has 1 aliphatic carbocycles. The summed E-state index contributed by atoms with van der Waals surface area (Å²) in [5.41, 5.74) is 2.45. The molecule has 0 aliphatic heterocycles. The van der Waals surface area contributed by atoms with Gasteiger partial charge in [0.25, 0.3) is 0 Å². The van der Waals surface area contributed by atoms with E-state index in [0.29, 0.717) is 11.7 Å².